The number of rotatable bonds is 3. The summed E-state index contributed by atoms with van der Waals surface area (Å²) in [5.41, 5.74) is 0.793. The lowest BCUT2D eigenvalue weighted by molar-refractivity contribution is 0.0477. The number of carbonyl (C=O) groups excluding carboxylic acids is 1. The number of amides is 1. The Balaban J connectivity index is 1.72. The first-order valence-electron chi connectivity index (χ1n) is 7.51. The molecule has 0 bridgehead atoms. The van der Waals surface area contributed by atoms with Crippen molar-refractivity contribution in [2.24, 2.45) is 7.05 Å². The van der Waals surface area contributed by atoms with Crippen LogP contribution in [0.3, 0.4) is 0 Å². The van der Waals surface area contributed by atoms with Crippen molar-refractivity contribution in [1.29, 1.82) is 0 Å². The molecule has 1 aromatic rings. The fraction of sp³-hybridized carbons (Fsp3) is 0.733. The number of hydrogen-bond acceptors (Lipinski definition) is 4. The normalized spacial score (nSPS) is 17.7. The highest BCUT2D eigenvalue weighted by molar-refractivity contribution is 5.68. The van der Waals surface area contributed by atoms with Crippen LogP contribution in [0.4, 0.5) is 4.79 Å². The molecule has 6 nitrogen and oxygen atoms in total. The van der Waals surface area contributed by atoms with Crippen LogP contribution < -0.4 is 5.32 Å². The van der Waals surface area contributed by atoms with E-state index in [4.69, 9.17) is 4.74 Å². The third-order valence-corrected chi connectivity index (χ3v) is 3.47. The van der Waals surface area contributed by atoms with Crippen molar-refractivity contribution in [3.8, 4) is 0 Å². The van der Waals surface area contributed by atoms with Crippen molar-refractivity contribution in [1.82, 2.24) is 20.0 Å². The van der Waals surface area contributed by atoms with E-state index < -0.39 is 5.60 Å². The summed E-state index contributed by atoms with van der Waals surface area (Å²) in [5, 5.41) is 7.15. The Morgan fingerprint density at radius 1 is 1.43 bits per heavy atom. The summed E-state index contributed by atoms with van der Waals surface area (Å²) in [5.74, 6) is 0. The first kappa shape index (κ1) is 15.8. The summed E-state index contributed by atoms with van der Waals surface area (Å²) in [4.78, 5) is 14.1. The van der Waals surface area contributed by atoms with Gasteiger partial charge in [-0.25, -0.2) is 4.79 Å². The molecule has 0 unspecified atom stereocenters. The van der Waals surface area contributed by atoms with Gasteiger partial charge in [0.05, 0.1) is 6.20 Å². The zero-order valence-corrected chi connectivity index (χ0v) is 13.4. The van der Waals surface area contributed by atoms with Crippen molar-refractivity contribution >= 4 is 6.09 Å². The smallest absolute Gasteiger partial charge is 0.407 e. The molecule has 1 aliphatic rings. The first-order valence-corrected chi connectivity index (χ1v) is 7.51. The molecule has 0 atom stereocenters. The topological polar surface area (TPSA) is 59.4 Å². The third kappa shape index (κ3) is 5.38. The minimum Gasteiger partial charge on any atom is -0.444 e. The van der Waals surface area contributed by atoms with Crippen LogP contribution >= 0.6 is 0 Å². The van der Waals surface area contributed by atoms with Crippen molar-refractivity contribution in [2.45, 2.75) is 51.8 Å². The van der Waals surface area contributed by atoms with Gasteiger partial charge in [0.1, 0.15) is 5.60 Å². The molecule has 6 heteroatoms. The number of likely N-dealkylation sites (tertiary alicyclic amines) is 1. The fourth-order valence-electron chi connectivity index (χ4n) is 2.52. The van der Waals surface area contributed by atoms with E-state index >= 15 is 0 Å². The van der Waals surface area contributed by atoms with Crippen LogP contribution in [-0.4, -0.2) is 45.5 Å². The molecule has 0 saturated carbocycles. The number of nitrogens with one attached hydrogen (secondary N) is 1. The lowest BCUT2D eigenvalue weighted by Gasteiger charge is -2.32. The lowest BCUT2D eigenvalue weighted by atomic mass is 10.0. The van der Waals surface area contributed by atoms with Crippen molar-refractivity contribution < 1.29 is 9.53 Å². The van der Waals surface area contributed by atoms with E-state index in [9.17, 15) is 4.79 Å². The summed E-state index contributed by atoms with van der Waals surface area (Å²) in [6.45, 7) is 8.52. The molecular weight excluding hydrogens is 268 g/mol. The van der Waals surface area contributed by atoms with E-state index in [1.165, 1.54) is 5.56 Å². The molecule has 1 aliphatic heterocycles. The number of ether oxygens (including phenoxy) is 1. The summed E-state index contributed by atoms with van der Waals surface area (Å²) in [6, 6.07) is 0.213. The van der Waals surface area contributed by atoms with Gasteiger partial charge in [0.25, 0.3) is 0 Å². The van der Waals surface area contributed by atoms with Crippen LogP contribution in [0, 0.1) is 0 Å². The predicted molar refractivity (Wildman–Crippen MR) is 80.9 cm³/mol. The molecule has 21 heavy (non-hydrogen) atoms. The fourth-order valence-corrected chi connectivity index (χ4v) is 2.52. The maximum Gasteiger partial charge on any atom is 0.407 e. The Bertz CT molecular complexity index is 470. The Hall–Kier alpha value is -1.56. The number of hydrogen-bond donors (Lipinski definition) is 1. The maximum atomic E-state index is 11.7. The molecule has 1 aromatic heterocycles. The Morgan fingerprint density at radius 3 is 2.62 bits per heavy atom. The van der Waals surface area contributed by atoms with Crippen LogP contribution in [0.15, 0.2) is 12.4 Å². The van der Waals surface area contributed by atoms with Crippen molar-refractivity contribution in [3.05, 3.63) is 18.0 Å². The summed E-state index contributed by atoms with van der Waals surface area (Å²) < 4.78 is 7.12. The van der Waals surface area contributed by atoms with E-state index in [1.807, 2.05) is 44.9 Å². The highest BCUT2D eigenvalue weighted by Gasteiger charge is 2.23. The molecule has 2 heterocycles. The second kappa shape index (κ2) is 6.47. The Labute approximate surface area is 126 Å². The van der Waals surface area contributed by atoms with Gasteiger partial charge >= 0.3 is 6.09 Å². The SMILES string of the molecule is Cn1cc(CN2CCC(NC(=O)OC(C)(C)C)CC2)cn1. The van der Waals surface area contributed by atoms with E-state index in [0.717, 1.165) is 32.5 Å². The number of aromatic nitrogens is 2. The average molecular weight is 294 g/mol. The monoisotopic (exact) mass is 294 g/mol. The summed E-state index contributed by atoms with van der Waals surface area (Å²) in [6.07, 6.45) is 5.56. The number of alkyl carbamates (subject to hydrolysis) is 1. The molecule has 2 rings (SSSR count). The van der Waals surface area contributed by atoms with Gasteiger partial charge in [0, 0.05) is 44.5 Å². The predicted octanol–water partition coefficient (Wildman–Crippen LogP) is 1.91. The molecule has 0 radical (unpaired) electrons. The molecule has 1 N–H and O–H groups in total. The minimum atomic E-state index is -0.439. The summed E-state index contributed by atoms with van der Waals surface area (Å²) in [7, 11) is 1.93. The molecule has 0 aliphatic carbocycles. The summed E-state index contributed by atoms with van der Waals surface area (Å²) >= 11 is 0. The second-order valence-electron chi connectivity index (χ2n) is 6.72. The van der Waals surface area contributed by atoms with Gasteiger partial charge in [-0.15, -0.1) is 0 Å². The zero-order valence-electron chi connectivity index (χ0n) is 13.4. The zero-order chi connectivity index (χ0) is 15.5. The van der Waals surface area contributed by atoms with Crippen LogP contribution in [0.2, 0.25) is 0 Å². The van der Waals surface area contributed by atoms with Crippen LogP contribution in [0.25, 0.3) is 0 Å². The maximum absolute atomic E-state index is 11.7. The van der Waals surface area contributed by atoms with Crippen molar-refractivity contribution in [3.63, 3.8) is 0 Å². The minimum absolute atomic E-state index is 0.213. The molecule has 1 amide bonds. The van der Waals surface area contributed by atoms with E-state index in [0.29, 0.717) is 0 Å². The third-order valence-electron chi connectivity index (χ3n) is 3.47. The van der Waals surface area contributed by atoms with Gasteiger partial charge in [0.15, 0.2) is 0 Å². The lowest BCUT2D eigenvalue weighted by Crippen LogP contribution is -2.45. The van der Waals surface area contributed by atoms with Crippen LogP contribution in [0.5, 0.6) is 0 Å². The highest BCUT2D eigenvalue weighted by atomic mass is 16.6. The van der Waals surface area contributed by atoms with E-state index in [-0.39, 0.29) is 12.1 Å². The molecule has 118 valence electrons. The number of aryl methyl sites for hydroxylation is 1. The van der Waals surface area contributed by atoms with E-state index in [2.05, 4.69) is 15.3 Å². The van der Waals surface area contributed by atoms with Crippen LogP contribution in [-0.2, 0) is 18.3 Å². The molecule has 0 aromatic carbocycles. The number of nitrogens with zero attached hydrogens (tertiary/aromatic N) is 3. The Morgan fingerprint density at radius 2 is 2.10 bits per heavy atom. The van der Waals surface area contributed by atoms with Gasteiger partial charge in [-0.1, -0.05) is 0 Å². The van der Waals surface area contributed by atoms with Crippen molar-refractivity contribution in [2.75, 3.05) is 13.1 Å². The highest BCUT2D eigenvalue weighted by Crippen LogP contribution is 2.14. The quantitative estimate of drug-likeness (QED) is 0.925. The average Bonchev–Trinajstić information content (AvgIpc) is 2.75. The van der Waals surface area contributed by atoms with Gasteiger partial charge in [0.2, 0.25) is 0 Å². The van der Waals surface area contributed by atoms with Gasteiger partial charge in [-0.3, -0.25) is 9.58 Å². The molecular formula is C15H26N4O2. The number of carbonyl (C=O) groups is 1. The van der Waals surface area contributed by atoms with Gasteiger partial charge in [-0.2, -0.15) is 5.10 Å². The van der Waals surface area contributed by atoms with Gasteiger partial charge < -0.3 is 10.1 Å². The van der Waals surface area contributed by atoms with E-state index in [1.54, 1.807) is 0 Å². The Kier molecular flexibility index (Phi) is 4.88. The largest absolute Gasteiger partial charge is 0.444 e. The van der Waals surface area contributed by atoms with Crippen LogP contribution in [0.1, 0.15) is 39.2 Å². The second-order valence-corrected chi connectivity index (χ2v) is 6.72. The van der Waals surface area contributed by atoms with Gasteiger partial charge in [-0.05, 0) is 33.6 Å². The number of piperidine rings is 1. The molecule has 1 fully saturated rings. The molecule has 0 spiro atoms. The first-order chi connectivity index (χ1) is 9.82. The molecule has 1 saturated heterocycles. The standard InChI is InChI=1S/C15H26N4O2/c1-15(2,3)21-14(20)17-13-5-7-19(8-6-13)11-12-9-16-18(4)10-12/h9-10,13H,5-8,11H2,1-4H3,(H,17,20).